The van der Waals surface area contributed by atoms with E-state index in [-0.39, 0.29) is 0 Å². The van der Waals surface area contributed by atoms with E-state index in [1.165, 1.54) is 34.3 Å². The van der Waals surface area contributed by atoms with Gasteiger partial charge < -0.3 is 0 Å². The topological polar surface area (TPSA) is 8.81 Å². The van der Waals surface area contributed by atoms with Crippen LogP contribution in [0, 0.1) is 0 Å². The predicted molar refractivity (Wildman–Crippen MR) is 91.8 cm³/mol. The smallest absolute Gasteiger partial charge is 0.217 e. The summed E-state index contributed by atoms with van der Waals surface area (Å²) >= 11 is 7.96. The van der Waals surface area contributed by atoms with Crippen LogP contribution in [-0.4, -0.2) is 10.3 Å². The highest BCUT2D eigenvalue weighted by molar-refractivity contribution is 7.99. The van der Waals surface area contributed by atoms with Crippen molar-refractivity contribution in [2.24, 2.45) is 0 Å². The first-order chi connectivity index (χ1) is 10.8. The number of aromatic nitrogens is 2. The zero-order valence-electron chi connectivity index (χ0n) is 12.1. The Morgan fingerprint density at radius 3 is 2.55 bits per heavy atom. The van der Waals surface area contributed by atoms with Gasteiger partial charge in [0.1, 0.15) is 11.9 Å². The second kappa shape index (κ2) is 5.82. The van der Waals surface area contributed by atoms with Crippen molar-refractivity contribution in [3.63, 3.8) is 0 Å². The van der Waals surface area contributed by atoms with Crippen molar-refractivity contribution in [2.45, 2.75) is 18.1 Å². The molecule has 110 valence electrons. The molecular formula is C18H16ClN2S+. The summed E-state index contributed by atoms with van der Waals surface area (Å²) in [6.45, 7) is 1.07. The summed E-state index contributed by atoms with van der Waals surface area (Å²) in [7, 11) is 0. The Morgan fingerprint density at radius 2 is 1.77 bits per heavy atom. The lowest BCUT2D eigenvalue weighted by Crippen LogP contribution is -2.40. The third-order valence-electron chi connectivity index (χ3n) is 3.91. The lowest BCUT2D eigenvalue weighted by atomic mass is 10.1. The summed E-state index contributed by atoms with van der Waals surface area (Å²) in [5.41, 5.74) is 3.67. The molecule has 4 heteroatoms. The van der Waals surface area contributed by atoms with E-state index in [0.29, 0.717) is 0 Å². The molecule has 0 radical (unpaired) electrons. The van der Waals surface area contributed by atoms with Crippen molar-refractivity contribution in [1.29, 1.82) is 0 Å². The van der Waals surface area contributed by atoms with Gasteiger partial charge in [0.2, 0.25) is 0 Å². The number of benzene rings is 2. The van der Waals surface area contributed by atoms with Crippen molar-refractivity contribution in [3.8, 4) is 16.9 Å². The predicted octanol–water partition coefficient (Wildman–Crippen LogP) is 4.58. The van der Waals surface area contributed by atoms with Gasteiger partial charge in [0.25, 0.3) is 0 Å². The largest absolute Gasteiger partial charge is 0.323 e. The number of rotatable bonds is 2. The molecule has 3 aromatic rings. The number of imidazole rings is 1. The quantitative estimate of drug-likeness (QED) is 0.626. The Hall–Kier alpha value is -1.71. The van der Waals surface area contributed by atoms with Crippen LogP contribution >= 0.6 is 23.4 Å². The van der Waals surface area contributed by atoms with Crippen LogP contribution in [0.5, 0.6) is 0 Å². The van der Waals surface area contributed by atoms with Gasteiger partial charge in [-0.05, 0) is 54.6 Å². The lowest BCUT2D eigenvalue weighted by Gasteiger charge is -2.10. The highest BCUT2D eigenvalue weighted by Gasteiger charge is 2.28. The van der Waals surface area contributed by atoms with E-state index in [9.17, 15) is 0 Å². The van der Waals surface area contributed by atoms with E-state index in [4.69, 9.17) is 11.6 Å². The second-order valence-electron chi connectivity index (χ2n) is 5.36. The van der Waals surface area contributed by atoms with Gasteiger partial charge in [0.05, 0.1) is 6.54 Å². The van der Waals surface area contributed by atoms with Crippen molar-refractivity contribution in [2.75, 3.05) is 5.75 Å². The molecule has 0 spiro atoms. The molecule has 2 heterocycles. The molecule has 0 unspecified atom stereocenters. The summed E-state index contributed by atoms with van der Waals surface area (Å²) in [5, 5.41) is 2.09. The molecule has 0 aliphatic carbocycles. The first-order valence-electron chi connectivity index (χ1n) is 7.42. The number of nitrogens with zero attached hydrogens (tertiary/aromatic N) is 2. The molecule has 22 heavy (non-hydrogen) atoms. The van der Waals surface area contributed by atoms with Crippen LogP contribution in [0.4, 0.5) is 0 Å². The Kier molecular flexibility index (Phi) is 3.68. The molecular weight excluding hydrogens is 312 g/mol. The van der Waals surface area contributed by atoms with Crippen LogP contribution < -0.4 is 4.57 Å². The van der Waals surface area contributed by atoms with Gasteiger partial charge in [0.15, 0.2) is 5.69 Å². The zero-order chi connectivity index (χ0) is 14.9. The van der Waals surface area contributed by atoms with Crippen LogP contribution in [0.1, 0.15) is 6.42 Å². The maximum absolute atomic E-state index is 6.03. The highest BCUT2D eigenvalue weighted by Crippen LogP contribution is 2.29. The van der Waals surface area contributed by atoms with Crippen molar-refractivity contribution >= 4 is 23.4 Å². The van der Waals surface area contributed by atoms with Gasteiger partial charge in [-0.2, -0.15) is 4.57 Å². The molecule has 0 saturated heterocycles. The van der Waals surface area contributed by atoms with Gasteiger partial charge in [-0.15, -0.1) is 0 Å². The monoisotopic (exact) mass is 327 g/mol. The standard InChI is InChI=1S/C18H16ClN2S/c19-15-9-7-14(8-10-15)17-13-21(16-5-2-1-3-6-16)18-20(17)11-4-12-22-18/h1-3,5-10,13H,4,11-12H2/q+1. The van der Waals surface area contributed by atoms with Crippen molar-refractivity contribution in [3.05, 3.63) is 65.8 Å². The molecule has 1 aliphatic rings. The molecule has 1 aliphatic heterocycles. The molecule has 4 rings (SSSR count). The van der Waals surface area contributed by atoms with Gasteiger partial charge in [-0.3, -0.25) is 0 Å². The molecule has 0 atom stereocenters. The van der Waals surface area contributed by atoms with Gasteiger partial charge in [0, 0.05) is 16.3 Å². The number of thioether (sulfide) groups is 1. The van der Waals surface area contributed by atoms with E-state index in [0.717, 1.165) is 11.6 Å². The maximum Gasteiger partial charge on any atom is 0.323 e. The fourth-order valence-electron chi connectivity index (χ4n) is 2.85. The third kappa shape index (κ3) is 2.44. The second-order valence-corrected chi connectivity index (χ2v) is 6.86. The average Bonchev–Trinajstić information content (AvgIpc) is 2.96. The van der Waals surface area contributed by atoms with Crippen LogP contribution in [0.2, 0.25) is 5.02 Å². The van der Waals surface area contributed by atoms with E-state index >= 15 is 0 Å². The van der Waals surface area contributed by atoms with E-state index in [2.05, 4.69) is 57.8 Å². The van der Waals surface area contributed by atoms with Gasteiger partial charge in [-0.1, -0.05) is 29.8 Å². The Labute approximate surface area is 139 Å². The third-order valence-corrected chi connectivity index (χ3v) is 5.33. The molecule has 0 fully saturated rings. The summed E-state index contributed by atoms with van der Waals surface area (Å²) < 4.78 is 4.72. The molecule has 0 amide bonds. The van der Waals surface area contributed by atoms with Gasteiger partial charge >= 0.3 is 5.16 Å². The molecule has 0 N–H and O–H groups in total. The number of para-hydroxylation sites is 1. The molecule has 0 bridgehead atoms. The lowest BCUT2D eigenvalue weighted by molar-refractivity contribution is -0.724. The first-order valence-corrected chi connectivity index (χ1v) is 8.78. The number of hydrogen-bond acceptors (Lipinski definition) is 1. The minimum absolute atomic E-state index is 0.777. The van der Waals surface area contributed by atoms with Crippen LogP contribution in [0.25, 0.3) is 16.9 Å². The summed E-state index contributed by atoms with van der Waals surface area (Å²) in [4.78, 5) is 0. The highest BCUT2D eigenvalue weighted by atomic mass is 35.5. The minimum atomic E-state index is 0.777. The maximum atomic E-state index is 6.03. The van der Waals surface area contributed by atoms with Crippen LogP contribution in [0.3, 0.4) is 0 Å². The van der Waals surface area contributed by atoms with E-state index in [1.807, 2.05) is 23.9 Å². The molecule has 0 saturated carbocycles. The minimum Gasteiger partial charge on any atom is -0.217 e. The fourth-order valence-corrected chi connectivity index (χ4v) is 4.08. The zero-order valence-corrected chi connectivity index (χ0v) is 13.6. The van der Waals surface area contributed by atoms with E-state index < -0.39 is 0 Å². The van der Waals surface area contributed by atoms with Gasteiger partial charge in [-0.25, -0.2) is 4.57 Å². The number of halogens is 1. The SMILES string of the molecule is Clc1ccc(-c2cn(-c3ccccc3)c3[n+]2CCCS3)cc1. The Balaban J connectivity index is 1.89. The summed E-state index contributed by atoms with van der Waals surface area (Å²) in [6, 6.07) is 18.6. The normalized spacial score (nSPS) is 13.9. The average molecular weight is 328 g/mol. The molecule has 1 aromatic heterocycles. The number of hydrogen-bond donors (Lipinski definition) is 0. The fraction of sp³-hybridized carbons (Fsp3) is 0.167. The van der Waals surface area contributed by atoms with E-state index in [1.54, 1.807) is 0 Å². The summed E-state index contributed by atoms with van der Waals surface area (Å²) in [5.74, 6) is 1.18. The molecule has 2 aromatic carbocycles. The van der Waals surface area contributed by atoms with Crippen LogP contribution in [-0.2, 0) is 6.54 Å². The number of fused-ring (bicyclic) bond motifs is 1. The molecule has 2 nitrogen and oxygen atoms in total. The summed E-state index contributed by atoms with van der Waals surface area (Å²) in [6.07, 6.45) is 3.45. The Bertz CT molecular complexity index is 794. The first kappa shape index (κ1) is 13.9. The Morgan fingerprint density at radius 1 is 1.00 bits per heavy atom. The van der Waals surface area contributed by atoms with Crippen LogP contribution in [0.15, 0.2) is 66.0 Å². The van der Waals surface area contributed by atoms with Crippen molar-refractivity contribution in [1.82, 2.24) is 4.57 Å². The van der Waals surface area contributed by atoms with Crippen molar-refractivity contribution < 1.29 is 4.57 Å².